The number of carbonyl (C=O) groups is 2. The molecule has 0 radical (unpaired) electrons. The molecule has 0 bridgehead atoms. The monoisotopic (exact) mass is 402 g/mol. The molecule has 9 heteroatoms. The van der Waals surface area contributed by atoms with Crippen LogP contribution in [0.2, 0.25) is 0 Å². The van der Waals surface area contributed by atoms with Crippen molar-refractivity contribution >= 4 is 23.3 Å². The van der Waals surface area contributed by atoms with Crippen molar-refractivity contribution in [2.75, 3.05) is 20.1 Å². The Morgan fingerprint density at radius 2 is 1.90 bits per heavy atom. The van der Waals surface area contributed by atoms with Crippen molar-refractivity contribution in [3.8, 4) is 5.82 Å². The SMILES string of the molecule is CN1CCC(F)(F)CC1.O=Cc1cnc2c(ccn2-c2ccc(C(=O)O)cn2)c1. The Labute approximate surface area is 165 Å². The van der Waals surface area contributed by atoms with Crippen LogP contribution in [0.15, 0.2) is 42.9 Å². The fourth-order valence-electron chi connectivity index (χ4n) is 2.89. The normalized spacial score (nSPS) is 16.1. The molecule has 0 aromatic carbocycles. The van der Waals surface area contributed by atoms with Gasteiger partial charge in [0.1, 0.15) is 11.5 Å². The third kappa shape index (κ3) is 5.00. The van der Waals surface area contributed by atoms with E-state index >= 15 is 0 Å². The summed E-state index contributed by atoms with van der Waals surface area (Å²) in [5.41, 5.74) is 1.29. The molecular weight excluding hydrogens is 382 g/mol. The minimum Gasteiger partial charge on any atom is -0.478 e. The summed E-state index contributed by atoms with van der Waals surface area (Å²) >= 11 is 0. The zero-order valence-corrected chi connectivity index (χ0v) is 15.8. The maximum Gasteiger partial charge on any atom is 0.337 e. The predicted molar refractivity (Wildman–Crippen MR) is 103 cm³/mol. The number of carboxylic acid groups (broad SMARTS) is 1. The lowest BCUT2D eigenvalue weighted by molar-refractivity contribution is -0.0504. The minimum absolute atomic E-state index is 0.0312. The van der Waals surface area contributed by atoms with Crippen molar-refractivity contribution in [2.45, 2.75) is 18.8 Å². The Morgan fingerprint density at radius 3 is 2.45 bits per heavy atom. The van der Waals surface area contributed by atoms with E-state index in [4.69, 9.17) is 5.11 Å². The number of aromatic carboxylic acids is 1. The summed E-state index contributed by atoms with van der Waals surface area (Å²) in [6.45, 7) is 1.07. The lowest BCUT2D eigenvalue weighted by atomic mass is 10.1. The van der Waals surface area contributed by atoms with E-state index in [1.54, 1.807) is 22.9 Å². The lowest BCUT2D eigenvalue weighted by Gasteiger charge is -2.28. The Hall–Kier alpha value is -3.20. The number of nitrogens with zero attached hydrogens (tertiary/aromatic N) is 4. The van der Waals surface area contributed by atoms with Crippen LogP contribution in [0.4, 0.5) is 8.78 Å². The molecule has 0 aliphatic carbocycles. The molecule has 1 aliphatic heterocycles. The number of hydrogen-bond donors (Lipinski definition) is 1. The molecule has 3 aromatic rings. The minimum atomic E-state index is -2.38. The fourth-order valence-corrected chi connectivity index (χ4v) is 2.89. The summed E-state index contributed by atoms with van der Waals surface area (Å²) in [7, 11) is 1.87. The molecular formula is C20H20F2N4O3. The van der Waals surface area contributed by atoms with Crippen molar-refractivity contribution in [2.24, 2.45) is 0 Å². The van der Waals surface area contributed by atoms with Gasteiger partial charge in [-0.25, -0.2) is 23.5 Å². The van der Waals surface area contributed by atoms with Gasteiger partial charge in [0.05, 0.1) is 5.56 Å². The highest BCUT2D eigenvalue weighted by atomic mass is 19.3. The van der Waals surface area contributed by atoms with Gasteiger partial charge >= 0.3 is 5.97 Å². The first-order valence-electron chi connectivity index (χ1n) is 8.97. The highest BCUT2D eigenvalue weighted by Crippen LogP contribution is 2.26. The quantitative estimate of drug-likeness (QED) is 0.677. The van der Waals surface area contributed by atoms with Crippen LogP contribution in [0.1, 0.15) is 33.6 Å². The number of halogens is 2. The molecule has 152 valence electrons. The maximum absolute atomic E-state index is 12.4. The number of fused-ring (bicyclic) bond motifs is 1. The van der Waals surface area contributed by atoms with Crippen LogP contribution in [-0.2, 0) is 0 Å². The van der Waals surface area contributed by atoms with Crippen molar-refractivity contribution in [1.29, 1.82) is 0 Å². The van der Waals surface area contributed by atoms with Crippen LogP contribution in [0.5, 0.6) is 0 Å². The topological polar surface area (TPSA) is 88.3 Å². The first-order chi connectivity index (χ1) is 13.8. The number of carbonyl (C=O) groups excluding carboxylic acids is 1. The zero-order valence-electron chi connectivity index (χ0n) is 15.8. The number of alkyl halides is 2. The van der Waals surface area contributed by atoms with Crippen LogP contribution in [0.3, 0.4) is 0 Å². The van der Waals surface area contributed by atoms with Crippen LogP contribution in [0, 0.1) is 0 Å². The Morgan fingerprint density at radius 1 is 1.17 bits per heavy atom. The van der Waals surface area contributed by atoms with Crippen molar-refractivity contribution in [1.82, 2.24) is 19.4 Å². The van der Waals surface area contributed by atoms with E-state index in [2.05, 4.69) is 9.97 Å². The van der Waals surface area contributed by atoms with Gasteiger partial charge in [-0.05, 0) is 31.3 Å². The van der Waals surface area contributed by atoms with Gasteiger partial charge in [-0.15, -0.1) is 0 Å². The third-order valence-electron chi connectivity index (χ3n) is 4.64. The van der Waals surface area contributed by atoms with Gasteiger partial charge in [-0.3, -0.25) is 9.36 Å². The summed E-state index contributed by atoms with van der Waals surface area (Å²) < 4.78 is 26.4. The number of aldehydes is 1. The standard InChI is InChI=1S/C14H9N3O3.C6H11F2N/c18-8-9-5-10-3-4-17(13(10)16-6-9)12-2-1-11(7-15-12)14(19)20;1-9-4-2-6(7,8)3-5-9/h1-8H,(H,19,20);2-5H2,1H3. The molecule has 4 rings (SSSR count). The second-order valence-electron chi connectivity index (χ2n) is 6.85. The van der Waals surface area contributed by atoms with Crippen molar-refractivity contribution in [3.05, 3.63) is 54.0 Å². The number of piperidine rings is 1. The molecule has 0 unspecified atom stereocenters. The van der Waals surface area contributed by atoms with Gasteiger partial charge in [0, 0.05) is 55.5 Å². The van der Waals surface area contributed by atoms with Gasteiger partial charge < -0.3 is 10.0 Å². The Balaban J connectivity index is 0.000000224. The highest BCUT2D eigenvalue weighted by Gasteiger charge is 2.32. The second-order valence-corrected chi connectivity index (χ2v) is 6.85. The van der Waals surface area contributed by atoms with Crippen LogP contribution in [-0.4, -0.2) is 62.9 Å². The van der Waals surface area contributed by atoms with Crippen LogP contribution >= 0.6 is 0 Å². The van der Waals surface area contributed by atoms with Gasteiger partial charge in [-0.2, -0.15) is 0 Å². The largest absolute Gasteiger partial charge is 0.478 e. The van der Waals surface area contributed by atoms with Gasteiger partial charge in [0.2, 0.25) is 0 Å². The molecule has 0 saturated carbocycles. The number of aromatic nitrogens is 3. The van der Waals surface area contributed by atoms with Gasteiger partial charge in [0.15, 0.2) is 6.29 Å². The number of carboxylic acids is 1. The molecule has 0 spiro atoms. The molecule has 1 N–H and O–H groups in total. The van der Waals surface area contributed by atoms with E-state index in [0.717, 1.165) is 11.7 Å². The number of rotatable bonds is 3. The summed E-state index contributed by atoms with van der Waals surface area (Å²) in [6.07, 6.45) is 5.35. The van der Waals surface area contributed by atoms with Crippen LogP contribution in [0.25, 0.3) is 16.9 Å². The molecule has 0 atom stereocenters. The zero-order chi connectivity index (χ0) is 21.0. The van der Waals surface area contributed by atoms with Crippen LogP contribution < -0.4 is 0 Å². The lowest BCUT2D eigenvalue weighted by Crippen LogP contribution is -2.36. The fraction of sp³-hybridized carbons (Fsp3) is 0.300. The van der Waals surface area contributed by atoms with Crippen molar-refractivity contribution < 1.29 is 23.5 Å². The summed E-state index contributed by atoms with van der Waals surface area (Å²) in [6, 6.07) is 6.65. The highest BCUT2D eigenvalue weighted by molar-refractivity contribution is 5.87. The average molecular weight is 402 g/mol. The molecule has 3 aromatic heterocycles. The number of likely N-dealkylation sites (tertiary alicyclic amines) is 1. The summed E-state index contributed by atoms with van der Waals surface area (Å²) in [5.74, 6) is -2.83. The van der Waals surface area contributed by atoms with E-state index in [1.807, 2.05) is 18.0 Å². The first kappa shape index (κ1) is 20.5. The first-order valence-corrected chi connectivity index (χ1v) is 8.97. The molecule has 29 heavy (non-hydrogen) atoms. The van der Waals surface area contributed by atoms with E-state index in [1.165, 1.54) is 18.5 Å². The van der Waals surface area contributed by atoms with Crippen molar-refractivity contribution in [3.63, 3.8) is 0 Å². The second kappa shape index (κ2) is 8.44. The molecule has 1 aliphatic rings. The summed E-state index contributed by atoms with van der Waals surface area (Å²) in [5, 5.41) is 9.66. The predicted octanol–water partition coefficient (Wildman–Crippen LogP) is 3.28. The smallest absolute Gasteiger partial charge is 0.337 e. The molecule has 1 saturated heterocycles. The van der Waals surface area contributed by atoms with E-state index in [9.17, 15) is 18.4 Å². The van der Waals surface area contributed by atoms with Gasteiger partial charge in [-0.1, -0.05) is 0 Å². The summed E-state index contributed by atoms with van der Waals surface area (Å²) in [4.78, 5) is 31.8. The molecule has 0 amide bonds. The third-order valence-corrected chi connectivity index (χ3v) is 4.64. The number of hydrogen-bond acceptors (Lipinski definition) is 5. The number of pyridine rings is 2. The van der Waals surface area contributed by atoms with E-state index in [-0.39, 0.29) is 18.4 Å². The molecule has 7 nitrogen and oxygen atoms in total. The van der Waals surface area contributed by atoms with E-state index in [0.29, 0.717) is 30.1 Å². The van der Waals surface area contributed by atoms with E-state index < -0.39 is 11.9 Å². The molecule has 1 fully saturated rings. The maximum atomic E-state index is 12.4. The Bertz CT molecular complexity index is 1010. The molecule has 4 heterocycles. The average Bonchev–Trinajstić information content (AvgIpc) is 3.14. The van der Waals surface area contributed by atoms with Gasteiger partial charge in [0.25, 0.3) is 5.92 Å². The Kier molecular flexibility index (Phi) is 5.97.